The maximum atomic E-state index is 10.6. The summed E-state index contributed by atoms with van der Waals surface area (Å²) in [5.41, 5.74) is 0.775. The molecule has 0 aliphatic heterocycles. The van der Waals surface area contributed by atoms with E-state index in [1.165, 1.54) is 12.8 Å². The van der Waals surface area contributed by atoms with Crippen molar-refractivity contribution in [3.05, 3.63) is 35.9 Å². The Hall–Kier alpha value is -1.44. The number of ketones is 2. The molecule has 0 N–H and O–H groups in total. The fourth-order valence-electron chi connectivity index (χ4n) is 2.01. The average Bonchev–Trinajstić information content (AvgIpc) is 2.84. The number of hydrogen-bond acceptors (Lipinski definition) is 2. The SMILES string of the molecule is CC(=O)C1CCCC1.CC(=O)c1ccccc1. The van der Waals surface area contributed by atoms with E-state index >= 15 is 0 Å². The van der Waals surface area contributed by atoms with Crippen LogP contribution in [0.25, 0.3) is 0 Å². The lowest BCUT2D eigenvalue weighted by Crippen LogP contribution is -2.04. The van der Waals surface area contributed by atoms with Crippen molar-refractivity contribution in [1.29, 1.82) is 0 Å². The van der Waals surface area contributed by atoms with E-state index in [1.807, 2.05) is 30.3 Å². The lowest BCUT2D eigenvalue weighted by atomic mass is 10.0. The van der Waals surface area contributed by atoms with Crippen LogP contribution in [0.3, 0.4) is 0 Å². The number of carbonyl (C=O) groups is 2. The van der Waals surface area contributed by atoms with Gasteiger partial charge in [-0.05, 0) is 26.7 Å². The van der Waals surface area contributed by atoms with Crippen molar-refractivity contribution in [3.63, 3.8) is 0 Å². The molecule has 1 aliphatic carbocycles. The Morgan fingerprint density at radius 2 is 1.53 bits per heavy atom. The van der Waals surface area contributed by atoms with E-state index in [9.17, 15) is 9.59 Å². The van der Waals surface area contributed by atoms with Crippen molar-refractivity contribution >= 4 is 11.6 Å². The van der Waals surface area contributed by atoms with E-state index in [0.29, 0.717) is 11.7 Å². The molecule has 0 radical (unpaired) electrons. The molecule has 0 heterocycles. The molecule has 1 aromatic rings. The lowest BCUT2D eigenvalue weighted by Gasteiger charge is -1.99. The molecule has 0 amide bonds. The highest BCUT2D eigenvalue weighted by Gasteiger charge is 2.18. The third-order valence-corrected chi connectivity index (χ3v) is 3.11. The number of carbonyl (C=O) groups excluding carboxylic acids is 2. The van der Waals surface area contributed by atoms with E-state index < -0.39 is 0 Å². The summed E-state index contributed by atoms with van der Waals surface area (Å²) < 4.78 is 0. The van der Waals surface area contributed by atoms with E-state index in [0.717, 1.165) is 18.4 Å². The molecule has 2 rings (SSSR count). The van der Waals surface area contributed by atoms with Gasteiger partial charge in [0.15, 0.2) is 5.78 Å². The fraction of sp³-hybridized carbons (Fsp3) is 0.467. The average molecular weight is 232 g/mol. The first-order chi connectivity index (χ1) is 8.11. The van der Waals surface area contributed by atoms with E-state index in [2.05, 4.69) is 0 Å². The predicted octanol–water partition coefficient (Wildman–Crippen LogP) is 3.65. The predicted molar refractivity (Wildman–Crippen MR) is 69.1 cm³/mol. The van der Waals surface area contributed by atoms with Gasteiger partial charge >= 0.3 is 0 Å². The van der Waals surface area contributed by atoms with E-state index in [1.54, 1.807) is 13.8 Å². The minimum absolute atomic E-state index is 0.121. The van der Waals surface area contributed by atoms with E-state index in [-0.39, 0.29) is 5.78 Å². The molecule has 2 heteroatoms. The van der Waals surface area contributed by atoms with Gasteiger partial charge in [-0.3, -0.25) is 9.59 Å². The van der Waals surface area contributed by atoms with Crippen LogP contribution in [0.4, 0.5) is 0 Å². The number of rotatable bonds is 2. The maximum Gasteiger partial charge on any atom is 0.159 e. The highest BCUT2D eigenvalue weighted by Crippen LogP contribution is 2.24. The summed E-state index contributed by atoms with van der Waals surface area (Å²) in [7, 11) is 0. The maximum absolute atomic E-state index is 10.6. The molecule has 1 saturated carbocycles. The molecule has 1 aliphatic rings. The fourth-order valence-corrected chi connectivity index (χ4v) is 2.01. The Kier molecular flexibility index (Phi) is 5.61. The van der Waals surface area contributed by atoms with Gasteiger partial charge < -0.3 is 0 Å². The minimum Gasteiger partial charge on any atom is -0.300 e. The van der Waals surface area contributed by atoms with Gasteiger partial charge in [-0.15, -0.1) is 0 Å². The van der Waals surface area contributed by atoms with Gasteiger partial charge in [-0.1, -0.05) is 43.2 Å². The summed E-state index contributed by atoms with van der Waals surface area (Å²) >= 11 is 0. The Morgan fingerprint density at radius 1 is 1.00 bits per heavy atom. The first-order valence-electron chi connectivity index (χ1n) is 6.17. The molecular formula is C15H20O2. The highest BCUT2D eigenvalue weighted by molar-refractivity contribution is 5.93. The topological polar surface area (TPSA) is 34.1 Å². The number of hydrogen-bond donors (Lipinski definition) is 0. The van der Waals surface area contributed by atoms with Crippen LogP contribution in [0.5, 0.6) is 0 Å². The molecule has 0 spiro atoms. The summed E-state index contributed by atoms with van der Waals surface area (Å²) in [5.74, 6) is 0.938. The van der Waals surface area contributed by atoms with E-state index in [4.69, 9.17) is 0 Å². The molecule has 0 aromatic heterocycles. The Balaban J connectivity index is 0.000000171. The summed E-state index contributed by atoms with van der Waals surface area (Å²) in [6, 6.07) is 9.23. The largest absolute Gasteiger partial charge is 0.300 e. The zero-order valence-corrected chi connectivity index (χ0v) is 10.6. The summed E-state index contributed by atoms with van der Waals surface area (Å²) in [6.07, 6.45) is 4.83. The molecule has 0 unspecified atom stereocenters. The van der Waals surface area contributed by atoms with Gasteiger partial charge in [0, 0.05) is 11.5 Å². The molecule has 92 valence electrons. The van der Waals surface area contributed by atoms with Gasteiger partial charge in [-0.2, -0.15) is 0 Å². The quantitative estimate of drug-likeness (QED) is 0.729. The smallest absolute Gasteiger partial charge is 0.159 e. The zero-order valence-electron chi connectivity index (χ0n) is 10.6. The second-order valence-electron chi connectivity index (χ2n) is 4.51. The monoisotopic (exact) mass is 232 g/mol. The van der Waals surface area contributed by atoms with Crippen molar-refractivity contribution in [2.75, 3.05) is 0 Å². The second-order valence-corrected chi connectivity index (χ2v) is 4.51. The summed E-state index contributed by atoms with van der Waals surface area (Å²) in [5, 5.41) is 0. The van der Waals surface area contributed by atoms with Crippen LogP contribution < -0.4 is 0 Å². The molecule has 0 bridgehead atoms. The Labute approximate surface area is 103 Å². The first-order valence-corrected chi connectivity index (χ1v) is 6.17. The Bertz CT molecular complexity index is 362. The summed E-state index contributed by atoms with van der Waals surface area (Å²) in [6.45, 7) is 3.27. The molecule has 0 saturated heterocycles. The standard InChI is InChI=1S/C8H8O.C7H12O/c1-7(9)8-5-3-2-4-6-8;1-6(8)7-4-2-3-5-7/h2-6H,1H3;7H,2-5H2,1H3. The Morgan fingerprint density at radius 3 is 1.82 bits per heavy atom. The number of Topliss-reactive ketones (excluding diaryl/α,β-unsaturated/α-hetero) is 2. The van der Waals surface area contributed by atoms with Crippen LogP contribution in [-0.2, 0) is 4.79 Å². The van der Waals surface area contributed by atoms with Gasteiger partial charge in [-0.25, -0.2) is 0 Å². The van der Waals surface area contributed by atoms with Crippen molar-refractivity contribution in [2.24, 2.45) is 5.92 Å². The molecule has 1 fully saturated rings. The normalized spacial score (nSPS) is 14.9. The zero-order chi connectivity index (χ0) is 12.7. The third-order valence-electron chi connectivity index (χ3n) is 3.11. The van der Waals surface area contributed by atoms with Gasteiger partial charge in [0.25, 0.3) is 0 Å². The van der Waals surface area contributed by atoms with Gasteiger partial charge in [0.05, 0.1) is 0 Å². The van der Waals surface area contributed by atoms with Crippen molar-refractivity contribution in [1.82, 2.24) is 0 Å². The minimum atomic E-state index is 0.121. The highest BCUT2D eigenvalue weighted by atomic mass is 16.1. The van der Waals surface area contributed by atoms with Crippen LogP contribution in [0.1, 0.15) is 49.9 Å². The molecule has 2 nitrogen and oxygen atoms in total. The van der Waals surface area contributed by atoms with Crippen LogP contribution in [0.2, 0.25) is 0 Å². The third kappa shape index (κ3) is 4.94. The first kappa shape index (κ1) is 13.6. The van der Waals surface area contributed by atoms with Crippen LogP contribution in [-0.4, -0.2) is 11.6 Å². The molecule has 1 aromatic carbocycles. The van der Waals surface area contributed by atoms with Crippen molar-refractivity contribution in [3.8, 4) is 0 Å². The van der Waals surface area contributed by atoms with Crippen LogP contribution >= 0.6 is 0 Å². The van der Waals surface area contributed by atoms with Crippen molar-refractivity contribution in [2.45, 2.75) is 39.5 Å². The lowest BCUT2D eigenvalue weighted by molar-refractivity contribution is -0.120. The molecule has 0 atom stereocenters. The number of benzene rings is 1. The second kappa shape index (κ2) is 7.00. The molecule has 17 heavy (non-hydrogen) atoms. The van der Waals surface area contributed by atoms with Gasteiger partial charge in [0.1, 0.15) is 5.78 Å². The van der Waals surface area contributed by atoms with Gasteiger partial charge in [0.2, 0.25) is 0 Å². The summed E-state index contributed by atoms with van der Waals surface area (Å²) in [4.78, 5) is 21.3. The molecular weight excluding hydrogens is 212 g/mol. The van der Waals surface area contributed by atoms with Crippen LogP contribution in [0, 0.1) is 5.92 Å². The van der Waals surface area contributed by atoms with Crippen LogP contribution in [0.15, 0.2) is 30.3 Å². The van der Waals surface area contributed by atoms with Crippen molar-refractivity contribution < 1.29 is 9.59 Å².